The Morgan fingerprint density at radius 2 is 1.85 bits per heavy atom. The van der Waals surface area contributed by atoms with Crippen LogP contribution in [0.4, 0.5) is 0 Å². The van der Waals surface area contributed by atoms with Gasteiger partial charge in [-0.1, -0.05) is 18.2 Å². The maximum Gasteiger partial charge on any atom is 0.184 e. The first-order chi connectivity index (χ1) is 9.35. The van der Waals surface area contributed by atoms with Crippen LogP contribution in [0.2, 0.25) is 0 Å². The number of carbonyl (C=O) groups excluding carboxylic acids is 1. The summed E-state index contributed by atoms with van der Waals surface area (Å²) in [5.41, 5.74) is -1.47. The van der Waals surface area contributed by atoms with E-state index in [0.717, 1.165) is 0 Å². The number of sulfone groups is 1. The van der Waals surface area contributed by atoms with Crippen LogP contribution in [0.3, 0.4) is 0 Å². The lowest BCUT2D eigenvalue weighted by atomic mass is 9.76. The fourth-order valence-corrected chi connectivity index (χ4v) is 5.83. The van der Waals surface area contributed by atoms with Crippen LogP contribution < -0.4 is 0 Å². The third-order valence-electron chi connectivity index (χ3n) is 4.85. The predicted molar refractivity (Wildman–Crippen MR) is 73.9 cm³/mol. The van der Waals surface area contributed by atoms with Gasteiger partial charge < -0.3 is 5.11 Å². The van der Waals surface area contributed by atoms with Gasteiger partial charge in [-0.3, -0.25) is 4.79 Å². The molecule has 5 heteroatoms. The van der Waals surface area contributed by atoms with E-state index in [0.29, 0.717) is 12.8 Å². The molecule has 2 aliphatic carbocycles. The molecule has 2 saturated carbocycles. The molecule has 4 nitrogen and oxygen atoms in total. The molecule has 4 atom stereocenters. The zero-order valence-corrected chi connectivity index (χ0v) is 12.1. The lowest BCUT2D eigenvalue weighted by Gasteiger charge is -2.40. The van der Waals surface area contributed by atoms with E-state index in [4.69, 9.17) is 0 Å². The van der Waals surface area contributed by atoms with E-state index in [2.05, 4.69) is 0 Å². The van der Waals surface area contributed by atoms with Crippen molar-refractivity contribution in [2.75, 3.05) is 0 Å². The number of Topliss-reactive ketones (excluding diaryl/α,β-unsaturated/α-hetero) is 1. The molecule has 2 aliphatic rings. The van der Waals surface area contributed by atoms with Gasteiger partial charge in [0.15, 0.2) is 9.84 Å². The van der Waals surface area contributed by atoms with Gasteiger partial charge in [-0.05, 0) is 38.3 Å². The molecule has 108 valence electrons. The van der Waals surface area contributed by atoms with Gasteiger partial charge in [-0.15, -0.1) is 0 Å². The lowest BCUT2D eigenvalue weighted by Crippen LogP contribution is -2.55. The molecule has 20 heavy (non-hydrogen) atoms. The zero-order valence-electron chi connectivity index (χ0n) is 11.3. The monoisotopic (exact) mass is 294 g/mol. The van der Waals surface area contributed by atoms with Crippen LogP contribution in [-0.4, -0.2) is 30.2 Å². The fraction of sp³-hybridized carbons (Fsp3) is 0.533. The van der Waals surface area contributed by atoms with E-state index >= 15 is 0 Å². The fourth-order valence-electron chi connectivity index (χ4n) is 3.69. The summed E-state index contributed by atoms with van der Waals surface area (Å²) in [7, 11) is -3.62. The molecule has 0 saturated heterocycles. The molecule has 1 N–H and O–H groups in total. The third-order valence-corrected chi connectivity index (χ3v) is 7.20. The van der Waals surface area contributed by atoms with Crippen LogP contribution in [0.15, 0.2) is 35.2 Å². The van der Waals surface area contributed by atoms with E-state index in [1.807, 2.05) is 0 Å². The van der Waals surface area contributed by atoms with Crippen LogP contribution in [0.25, 0.3) is 0 Å². The highest BCUT2D eigenvalue weighted by molar-refractivity contribution is 7.92. The first-order valence-electron chi connectivity index (χ1n) is 6.90. The Morgan fingerprint density at radius 3 is 2.50 bits per heavy atom. The first-order valence-corrected chi connectivity index (χ1v) is 8.45. The van der Waals surface area contributed by atoms with Gasteiger partial charge in [0.25, 0.3) is 0 Å². The van der Waals surface area contributed by atoms with Crippen molar-refractivity contribution < 1.29 is 18.3 Å². The lowest BCUT2D eigenvalue weighted by molar-refractivity contribution is -0.135. The minimum absolute atomic E-state index is 0.0366. The molecular weight excluding hydrogens is 276 g/mol. The summed E-state index contributed by atoms with van der Waals surface area (Å²) in [5, 5.41) is 9.79. The molecule has 0 amide bonds. The van der Waals surface area contributed by atoms with E-state index in [1.165, 1.54) is 6.92 Å². The molecule has 1 aromatic rings. The van der Waals surface area contributed by atoms with E-state index < -0.39 is 26.6 Å². The molecule has 0 aromatic heterocycles. The molecule has 2 fully saturated rings. The minimum atomic E-state index is -3.62. The van der Waals surface area contributed by atoms with Gasteiger partial charge >= 0.3 is 0 Å². The Bertz CT molecular complexity index is 633. The van der Waals surface area contributed by atoms with Gasteiger partial charge in [0.2, 0.25) is 0 Å². The van der Waals surface area contributed by atoms with Crippen LogP contribution in [0.1, 0.15) is 26.2 Å². The van der Waals surface area contributed by atoms with Crippen molar-refractivity contribution in [3.8, 4) is 0 Å². The predicted octanol–water partition coefficient (Wildman–Crippen LogP) is 1.58. The van der Waals surface area contributed by atoms with Crippen molar-refractivity contribution in [2.24, 2.45) is 11.8 Å². The normalized spacial score (nSPS) is 37.1. The first kappa shape index (κ1) is 13.8. The highest BCUT2D eigenvalue weighted by atomic mass is 32.2. The average Bonchev–Trinajstić information content (AvgIpc) is 2.70. The topological polar surface area (TPSA) is 71.4 Å². The third kappa shape index (κ3) is 1.84. The zero-order chi connectivity index (χ0) is 14.5. The summed E-state index contributed by atoms with van der Waals surface area (Å²) in [6, 6.07) is 8.19. The molecule has 0 radical (unpaired) electrons. The summed E-state index contributed by atoms with van der Waals surface area (Å²) < 4.78 is 25.5. The maximum atomic E-state index is 12.8. The van der Waals surface area contributed by atoms with Crippen molar-refractivity contribution in [3.05, 3.63) is 30.3 Å². The highest BCUT2D eigenvalue weighted by Crippen LogP contribution is 2.48. The highest BCUT2D eigenvalue weighted by Gasteiger charge is 2.58. The summed E-state index contributed by atoms with van der Waals surface area (Å²) in [6.45, 7) is 1.50. The van der Waals surface area contributed by atoms with E-state index in [1.54, 1.807) is 30.3 Å². The van der Waals surface area contributed by atoms with Crippen molar-refractivity contribution in [2.45, 2.75) is 41.9 Å². The Kier molecular flexibility index (Phi) is 3.03. The maximum absolute atomic E-state index is 12.8. The number of aliphatic hydroxyl groups is 1. The minimum Gasteiger partial charge on any atom is -0.388 e. The second-order valence-electron chi connectivity index (χ2n) is 6.04. The molecule has 1 aromatic carbocycles. The largest absolute Gasteiger partial charge is 0.388 e. The quantitative estimate of drug-likeness (QED) is 0.899. The van der Waals surface area contributed by atoms with E-state index in [-0.39, 0.29) is 23.0 Å². The van der Waals surface area contributed by atoms with Gasteiger partial charge in [0.1, 0.15) is 5.78 Å². The standard InChI is InChI=1S/C15H18O4S/c1-15(17)12-8-7-10(14(12)16)9-13(15)20(18,19)11-5-3-2-4-6-11/h2-6,10,12-13,17H,7-9H2,1H3/t10-,12-,13-,15+/m1/s1. The molecular formula is C15H18O4S. The van der Waals surface area contributed by atoms with Crippen LogP contribution >= 0.6 is 0 Å². The summed E-state index contributed by atoms with van der Waals surface area (Å²) in [4.78, 5) is 12.3. The van der Waals surface area contributed by atoms with Gasteiger partial charge in [-0.25, -0.2) is 8.42 Å². The molecule has 3 rings (SSSR count). The number of benzene rings is 1. The summed E-state index contributed by atoms with van der Waals surface area (Å²) in [5.74, 6) is -0.706. The summed E-state index contributed by atoms with van der Waals surface area (Å²) in [6.07, 6.45) is 1.53. The number of rotatable bonds is 2. The molecule has 0 unspecified atom stereocenters. The molecule has 0 aliphatic heterocycles. The van der Waals surface area contributed by atoms with Crippen molar-refractivity contribution in [1.29, 1.82) is 0 Å². The molecule has 0 heterocycles. The van der Waals surface area contributed by atoms with Gasteiger partial charge in [-0.2, -0.15) is 0 Å². The van der Waals surface area contributed by atoms with Crippen molar-refractivity contribution in [1.82, 2.24) is 0 Å². The number of ketones is 1. The Morgan fingerprint density at radius 1 is 1.20 bits per heavy atom. The van der Waals surface area contributed by atoms with Crippen LogP contribution in [-0.2, 0) is 14.6 Å². The molecule has 0 spiro atoms. The second kappa shape index (κ2) is 4.40. The Labute approximate surface area is 118 Å². The Balaban J connectivity index is 2.05. The number of hydrogen-bond donors (Lipinski definition) is 1. The average molecular weight is 294 g/mol. The molecule has 2 bridgehead atoms. The smallest absolute Gasteiger partial charge is 0.184 e. The number of carbonyl (C=O) groups is 1. The van der Waals surface area contributed by atoms with E-state index in [9.17, 15) is 18.3 Å². The van der Waals surface area contributed by atoms with Gasteiger partial charge in [0.05, 0.1) is 15.7 Å². The number of fused-ring (bicyclic) bond motifs is 2. The van der Waals surface area contributed by atoms with Gasteiger partial charge in [0, 0.05) is 11.8 Å². The van der Waals surface area contributed by atoms with Crippen LogP contribution in [0, 0.1) is 11.8 Å². The van der Waals surface area contributed by atoms with Crippen molar-refractivity contribution in [3.63, 3.8) is 0 Å². The van der Waals surface area contributed by atoms with Crippen molar-refractivity contribution >= 4 is 15.6 Å². The Hall–Kier alpha value is -1.20. The summed E-state index contributed by atoms with van der Waals surface area (Å²) >= 11 is 0. The van der Waals surface area contributed by atoms with Crippen LogP contribution in [0.5, 0.6) is 0 Å². The second-order valence-corrected chi connectivity index (χ2v) is 8.17. The number of hydrogen-bond acceptors (Lipinski definition) is 4. The SMILES string of the molecule is C[C@]1(O)[C@@H]2CC[C@H](C[C@H]1S(=O)(=O)c1ccccc1)C2=O.